The lowest BCUT2D eigenvalue weighted by atomic mass is 9.98. The van der Waals surface area contributed by atoms with E-state index in [0.29, 0.717) is 12.8 Å². The molecule has 0 aromatic heterocycles. The van der Waals surface area contributed by atoms with Crippen molar-refractivity contribution in [3.63, 3.8) is 0 Å². The van der Waals surface area contributed by atoms with Crippen molar-refractivity contribution in [3.05, 3.63) is 59.7 Å². The number of aliphatic hydroxyl groups excluding tert-OH is 1. The van der Waals surface area contributed by atoms with E-state index in [1.165, 1.54) is 0 Å². The van der Waals surface area contributed by atoms with Crippen LogP contribution in [0.1, 0.15) is 43.2 Å². The topological polar surface area (TPSA) is 116 Å². The van der Waals surface area contributed by atoms with E-state index in [1.54, 1.807) is 0 Å². The number of alkyl carbamates (subject to hydrolysis) is 1. The van der Waals surface area contributed by atoms with E-state index in [4.69, 9.17) is 4.74 Å². The Kier molecular flexibility index (Phi) is 6.65. The number of hydrogen-bond donors (Lipinski definition) is 3. The summed E-state index contributed by atoms with van der Waals surface area (Å²) in [4.78, 5) is 38.3. The lowest BCUT2D eigenvalue weighted by molar-refractivity contribution is -0.149. The highest BCUT2D eigenvalue weighted by Gasteiger charge is 2.41. The van der Waals surface area contributed by atoms with Gasteiger partial charge in [0.25, 0.3) is 0 Å². The molecule has 2 aromatic carbocycles. The van der Waals surface area contributed by atoms with Crippen molar-refractivity contribution in [1.29, 1.82) is 0 Å². The number of nitrogens with one attached hydrogen (secondary N) is 1. The summed E-state index contributed by atoms with van der Waals surface area (Å²) in [7, 11) is 0. The Morgan fingerprint density at radius 3 is 2.27 bits per heavy atom. The van der Waals surface area contributed by atoms with Crippen molar-refractivity contribution in [1.82, 2.24) is 10.2 Å². The molecule has 1 heterocycles. The lowest BCUT2D eigenvalue weighted by Crippen LogP contribution is -2.52. The van der Waals surface area contributed by atoms with Gasteiger partial charge in [0, 0.05) is 18.9 Å². The van der Waals surface area contributed by atoms with Gasteiger partial charge >= 0.3 is 12.1 Å². The van der Waals surface area contributed by atoms with Gasteiger partial charge in [0.1, 0.15) is 18.7 Å². The van der Waals surface area contributed by atoms with Gasteiger partial charge in [0.2, 0.25) is 5.91 Å². The highest BCUT2D eigenvalue weighted by atomic mass is 16.5. The Bertz CT molecular complexity index is 1010. The van der Waals surface area contributed by atoms with Crippen LogP contribution < -0.4 is 5.32 Å². The Labute approximate surface area is 192 Å². The number of β-amino-alcohol motifs (C(OH)–C–C–N with tert-alkyl or cyclic N) is 1. The maximum atomic E-state index is 13.0. The summed E-state index contributed by atoms with van der Waals surface area (Å²) in [6.45, 7) is 1.92. The molecule has 2 aliphatic rings. The largest absolute Gasteiger partial charge is 0.480 e. The van der Waals surface area contributed by atoms with E-state index < -0.39 is 36.2 Å². The van der Waals surface area contributed by atoms with Gasteiger partial charge in [0.05, 0.1) is 6.10 Å². The van der Waals surface area contributed by atoms with Crippen LogP contribution in [0.3, 0.4) is 0 Å². The van der Waals surface area contributed by atoms with Crippen LogP contribution in [0.15, 0.2) is 48.5 Å². The minimum absolute atomic E-state index is 0.0230. The summed E-state index contributed by atoms with van der Waals surface area (Å²) in [6.07, 6.45) is -0.705. The normalized spacial score (nSPS) is 20.1. The molecule has 0 radical (unpaired) electrons. The predicted octanol–water partition coefficient (Wildman–Crippen LogP) is 2.74. The highest BCUT2D eigenvalue weighted by Crippen LogP contribution is 2.44. The molecule has 2 aromatic rings. The van der Waals surface area contributed by atoms with Gasteiger partial charge in [-0.15, -0.1) is 0 Å². The fourth-order valence-electron chi connectivity index (χ4n) is 4.82. The van der Waals surface area contributed by atoms with Crippen molar-refractivity contribution in [2.75, 3.05) is 13.2 Å². The molecule has 1 aliphatic carbocycles. The van der Waals surface area contributed by atoms with Gasteiger partial charge in [-0.1, -0.05) is 61.9 Å². The van der Waals surface area contributed by atoms with Crippen molar-refractivity contribution < 1.29 is 29.3 Å². The number of rotatable bonds is 7. The molecule has 0 bridgehead atoms. The molecule has 1 saturated heterocycles. The van der Waals surface area contributed by atoms with E-state index in [-0.39, 0.29) is 25.5 Å². The van der Waals surface area contributed by atoms with Gasteiger partial charge in [-0.05, 0) is 28.7 Å². The fourth-order valence-corrected chi connectivity index (χ4v) is 4.82. The summed E-state index contributed by atoms with van der Waals surface area (Å²) in [6, 6.07) is 14.0. The van der Waals surface area contributed by atoms with Crippen LogP contribution in [0.4, 0.5) is 4.79 Å². The molecule has 8 nitrogen and oxygen atoms in total. The standard InChI is InChI=1S/C25H28N2O6/c1-2-7-21(23(29)27-13-15(28)12-22(27)24(30)31)26-25(32)33-14-20-18-10-5-3-8-16(18)17-9-4-6-11-19(17)20/h3-6,8-11,15,20-22,28H,2,7,12-14H2,1H3,(H,26,32)(H,30,31)/t15-,21?,22+/m1/s1. The number of aliphatic carboxylic acids is 1. The number of nitrogens with zero attached hydrogens (tertiary/aromatic N) is 1. The van der Waals surface area contributed by atoms with Crippen LogP contribution in [0, 0.1) is 0 Å². The molecule has 0 saturated carbocycles. The van der Waals surface area contributed by atoms with E-state index in [2.05, 4.69) is 5.32 Å². The maximum Gasteiger partial charge on any atom is 0.407 e. The fraction of sp³-hybridized carbons (Fsp3) is 0.400. The Morgan fingerprint density at radius 2 is 1.70 bits per heavy atom. The molecule has 1 unspecified atom stereocenters. The number of carbonyl (C=O) groups excluding carboxylic acids is 2. The van der Waals surface area contributed by atoms with Gasteiger partial charge in [-0.25, -0.2) is 9.59 Å². The molecule has 3 N–H and O–H groups in total. The van der Waals surface area contributed by atoms with Crippen molar-refractivity contribution in [2.24, 2.45) is 0 Å². The highest BCUT2D eigenvalue weighted by molar-refractivity contribution is 5.90. The average Bonchev–Trinajstić information content (AvgIpc) is 3.35. The average molecular weight is 453 g/mol. The molecule has 4 rings (SSSR count). The summed E-state index contributed by atoms with van der Waals surface area (Å²) in [5.41, 5.74) is 4.41. The number of aliphatic hydroxyl groups is 1. The van der Waals surface area contributed by atoms with Gasteiger partial charge in [0.15, 0.2) is 0 Å². The number of carboxylic acids is 1. The zero-order chi connectivity index (χ0) is 23.5. The molecule has 0 spiro atoms. The summed E-state index contributed by atoms with van der Waals surface area (Å²) in [5.74, 6) is -1.79. The first kappa shape index (κ1) is 22.8. The third-order valence-corrected chi connectivity index (χ3v) is 6.36. The van der Waals surface area contributed by atoms with Crippen LogP contribution in [0.5, 0.6) is 0 Å². The second kappa shape index (κ2) is 9.62. The lowest BCUT2D eigenvalue weighted by Gasteiger charge is -2.27. The number of amides is 2. The molecular weight excluding hydrogens is 424 g/mol. The van der Waals surface area contributed by atoms with Crippen LogP contribution >= 0.6 is 0 Å². The Balaban J connectivity index is 1.43. The van der Waals surface area contributed by atoms with Gasteiger partial charge in [-0.2, -0.15) is 0 Å². The number of hydrogen-bond acceptors (Lipinski definition) is 5. The quantitative estimate of drug-likeness (QED) is 0.595. The third-order valence-electron chi connectivity index (χ3n) is 6.36. The molecule has 2 amide bonds. The first-order valence-electron chi connectivity index (χ1n) is 11.2. The smallest absolute Gasteiger partial charge is 0.407 e. The Morgan fingerprint density at radius 1 is 1.09 bits per heavy atom. The number of ether oxygens (including phenoxy) is 1. The third kappa shape index (κ3) is 4.57. The zero-order valence-corrected chi connectivity index (χ0v) is 18.4. The Hall–Kier alpha value is -3.39. The SMILES string of the molecule is CCCC(NC(=O)OCC1c2ccccc2-c2ccccc21)C(=O)N1C[C@H](O)C[C@H]1C(=O)O. The monoisotopic (exact) mass is 452 g/mol. The van der Waals surface area contributed by atoms with Crippen LogP contribution in [0.25, 0.3) is 11.1 Å². The number of carbonyl (C=O) groups is 3. The number of benzene rings is 2. The first-order valence-corrected chi connectivity index (χ1v) is 11.2. The number of likely N-dealkylation sites (tertiary alicyclic amines) is 1. The van der Waals surface area contributed by atoms with Gasteiger partial charge in [-0.3, -0.25) is 4.79 Å². The second-order valence-corrected chi connectivity index (χ2v) is 8.55. The van der Waals surface area contributed by atoms with Crippen LogP contribution in [-0.2, 0) is 14.3 Å². The molecule has 33 heavy (non-hydrogen) atoms. The molecule has 8 heteroatoms. The predicted molar refractivity (Wildman–Crippen MR) is 121 cm³/mol. The van der Waals surface area contributed by atoms with E-state index in [1.807, 2.05) is 55.5 Å². The first-order chi connectivity index (χ1) is 15.9. The van der Waals surface area contributed by atoms with Crippen LogP contribution in [-0.4, -0.2) is 64.4 Å². The van der Waals surface area contributed by atoms with Crippen molar-refractivity contribution in [2.45, 2.75) is 50.3 Å². The summed E-state index contributed by atoms with van der Waals surface area (Å²) < 4.78 is 5.54. The molecule has 3 atom stereocenters. The molecule has 174 valence electrons. The minimum Gasteiger partial charge on any atom is -0.480 e. The second-order valence-electron chi connectivity index (χ2n) is 8.55. The molecule has 1 aliphatic heterocycles. The zero-order valence-electron chi connectivity index (χ0n) is 18.4. The van der Waals surface area contributed by atoms with Crippen molar-refractivity contribution >= 4 is 18.0 Å². The van der Waals surface area contributed by atoms with E-state index in [9.17, 15) is 24.6 Å². The molecule has 1 fully saturated rings. The summed E-state index contributed by atoms with van der Waals surface area (Å²) >= 11 is 0. The number of fused-ring (bicyclic) bond motifs is 3. The van der Waals surface area contributed by atoms with E-state index >= 15 is 0 Å². The van der Waals surface area contributed by atoms with E-state index in [0.717, 1.165) is 27.2 Å². The van der Waals surface area contributed by atoms with Crippen molar-refractivity contribution in [3.8, 4) is 11.1 Å². The summed E-state index contributed by atoms with van der Waals surface area (Å²) in [5, 5.41) is 21.9. The van der Waals surface area contributed by atoms with Gasteiger partial charge < -0.3 is 25.2 Å². The minimum atomic E-state index is -1.17. The maximum absolute atomic E-state index is 13.0. The molecular formula is C25H28N2O6. The number of carboxylic acid groups (broad SMARTS) is 1. The van der Waals surface area contributed by atoms with Crippen LogP contribution in [0.2, 0.25) is 0 Å².